The fourth-order valence-electron chi connectivity index (χ4n) is 2.12. The first-order valence-corrected chi connectivity index (χ1v) is 7.81. The van der Waals surface area contributed by atoms with Crippen molar-refractivity contribution in [1.29, 1.82) is 0 Å². The maximum atomic E-state index is 11.9. The van der Waals surface area contributed by atoms with Crippen LogP contribution in [-0.2, 0) is 11.3 Å². The Hall–Kier alpha value is -3.15. The van der Waals surface area contributed by atoms with Crippen LogP contribution in [0, 0.1) is 0 Å². The fourth-order valence-corrected chi connectivity index (χ4v) is 2.12. The standard InChI is InChI=1S/C19H20N2O4/c1-13(22)16-4-3-5-17(10-16)25-12-18(23)21-11-14-6-8-15(9-7-14)19(24)20-2/h3-10H,11-12H2,1-2H3,(H,20,24)(H,21,23). The maximum absolute atomic E-state index is 11.9. The minimum absolute atomic E-state index is 0.0601. The topological polar surface area (TPSA) is 84.5 Å². The van der Waals surface area contributed by atoms with Gasteiger partial charge in [-0.1, -0.05) is 24.3 Å². The van der Waals surface area contributed by atoms with E-state index in [1.807, 2.05) is 0 Å². The second-order valence-electron chi connectivity index (χ2n) is 5.43. The van der Waals surface area contributed by atoms with Crippen LogP contribution in [0.4, 0.5) is 0 Å². The van der Waals surface area contributed by atoms with Crippen LogP contribution < -0.4 is 15.4 Å². The molecule has 0 unspecified atom stereocenters. The van der Waals surface area contributed by atoms with Crippen LogP contribution in [0.15, 0.2) is 48.5 Å². The van der Waals surface area contributed by atoms with Gasteiger partial charge in [0.05, 0.1) is 0 Å². The van der Waals surface area contributed by atoms with Crippen LogP contribution in [0.5, 0.6) is 5.75 Å². The number of ether oxygens (including phenoxy) is 1. The van der Waals surface area contributed by atoms with Gasteiger partial charge in [0.2, 0.25) is 0 Å². The van der Waals surface area contributed by atoms with Gasteiger partial charge in [0.25, 0.3) is 11.8 Å². The van der Waals surface area contributed by atoms with E-state index in [2.05, 4.69) is 10.6 Å². The molecule has 25 heavy (non-hydrogen) atoms. The third-order valence-electron chi connectivity index (χ3n) is 3.54. The molecule has 2 aromatic carbocycles. The molecule has 2 N–H and O–H groups in total. The lowest BCUT2D eigenvalue weighted by Crippen LogP contribution is -2.28. The summed E-state index contributed by atoms with van der Waals surface area (Å²) in [4.78, 5) is 34.6. The van der Waals surface area contributed by atoms with E-state index in [-0.39, 0.29) is 24.2 Å². The molecule has 6 heteroatoms. The Kier molecular flexibility index (Phi) is 6.28. The van der Waals surface area contributed by atoms with Crippen molar-refractivity contribution in [2.24, 2.45) is 0 Å². The lowest BCUT2D eigenvalue weighted by atomic mass is 10.1. The van der Waals surface area contributed by atoms with Crippen molar-refractivity contribution >= 4 is 17.6 Å². The summed E-state index contributed by atoms with van der Waals surface area (Å²) in [6.45, 7) is 1.67. The molecule has 6 nitrogen and oxygen atoms in total. The minimum Gasteiger partial charge on any atom is -0.484 e. The highest BCUT2D eigenvalue weighted by Crippen LogP contribution is 2.13. The summed E-state index contributed by atoms with van der Waals surface area (Å²) < 4.78 is 5.39. The van der Waals surface area contributed by atoms with E-state index in [1.54, 1.807) is 55.6 Å². The van der Waals surface area contributed by atoms with Gasteiger partial charge in [-0.25, -0.2) is 0 Å². The second kappa shape index (κ2) is 8.63. The van der Waals surface area contributed by atoms with Crippen molar-refractivity contribution in [3.63, 3.8) is 0 Å². The van der Waals surface area contributed by atoms with Crippen molar-refractivity contribution in [3.8, 4) is 5.75 Å². The molecule has 0 fully saturated rings. The van der Waals surface area contributed by atoms with Gasteiger partial charge in [0, 0.05) is 24.7 Å². The quantitative estimate of drug-likeness (QED) is 0.755. The summed E-state index contributed by atoms with van der Waals surface area (Å²) in [7, 11) is 1.57. The van der Waals surface area contributed by atoms with Crippen LogP contribution in [0.25, 0.3) is 0 Å². The average molecular weight is 340 g/mol. The summed E-state index contributed by atoms with van der Waals surface area (Å²) in [5.74, 6) is -0.0201. The molecule has 0 aliphatic rings. The molecular formula is C19H20N2O4. The van der Waals surface area contributed by atoms with Crippen LogP contribution in [0.3, 0.4) is 0 Å². The molecule has 0 aromatic heterocycles. The van der Waals surface area contributed by atoms with Gasteiger partial charge >= 0.3 is 0 Å². The highest BCUT2D eigenvalue weighted by molar-refractivity contribution is 5.94. The molecule has 0 atom stereocenters. The molecule has 0 spiro atoms. The predicted octanol–water partition coefficient (Wildman–Crippen LogP) is 1.94. The van der Waals surface area contributed by atoms with Crippen LogP contribution in [0.2, 0.25) is 0 Å². The molecule has 0 heterocycles. The minimum atomic E-state index is -0.274. The first-order valence-electron chi connectivity index (χ1n) is 7.81. The van der Waals surface area contributed by atoms with Gasteiger partial charge in [-0.3, -0.25) is 14.4 Å². The van der Waals surface area contributed by atoms with Crippen molar-refractivity contribution in [2.45, 2.75) is 13.5 Å². The number of Topliss-reactive ketones (excluding diaryl/α,β-unsaturated/α-hetero) is 1. The van der Waals surface area contributed by atoms with E-state index >= 15 is 0 Å². The SMILES string of the molecule is CNC(=O)c1ccc(CNC(=O)COc2cccc(C(C)=O)c2)cc1. The average Bonchev–Trinajstić information content (AvgIpc) is 2.64. The zero-order valence-corrected chi connectivity index (χ0v) is 14.2. The number of nitrogens with one attached hydrogen (secondary N) is 2. The molecule has 0 radical (unpaired) electrons. The first-order chi connectivity index (χ1) is 12.0. The zero-order chi connectivity index (χ0) is 18.2. The Morgan fingerprint density at radius 1 is 1.00 bits per heavy atom. The number of hydrogen-bond acceptors (Lipinski definition) is 4. The highest BCUT2D eigenvalue weighted by atomic mass is 16.5. The predicted molar refractivity (Wildman–Crippen MR) is 93.6 cm³/mol. The molecule has 2 aromatic rings. The van der Waals surface area contributed by atoms with Gasteiger partial charge in [-0.15, -0.1) is 0 Å². The summed E-state index contributed by atoms with van der Waals surface area (Å²) >= 11 is 0. The molecule has 0 bridgehead atoms. The van der Waals surface area contributed by atoms with E-state index < -0.39 is 0 Å². The normalized spacial score (nSPS) is 10.0. The van der Waals surface area contributed by atoms with Gasteiger partial charge < -0.3 is 15.4 Å². The molecule has 0 saturated carbocycles. The molecule has 0 aliphatic carbocycles. The summed E-state index contributed by atoms with van der Waals surface area (Å²) in [5.41, 5.74) is 1.97. The molecular weight excluding hydrogens is 320 g/mol. The summed E-state index contributed by atoms with van der Waals surface area (Å²) in [5, 5.41) is 5.29. The van der Waals surface area contributed by atoms with Crippen molar-refractivity contribution in [1.82, 2.24) is 10.6 Å². The van der Waals surface area contributed by atoms with Crippen molar-refractivity contribution in [2.75, 3.05) is 13.7 Å². The monoisotopic (exact) mass is 340 g/mol. The van der Waals surface area contributed by atoms with Crippen molar-refractivity contribution in [3.05, 3.63) is 65.2 Å². The highest BCUT2D eigenvalue weighted by Gasteiger charge is 2.06. The maximum Gasteiger partial charge on any atom is 0.258 e. The second-order valence-corrected chi connectivity index (χ2v) is 5.43. The van der Waals surface area contributed by atoms with E-state index in [4.69, 9.17) is 4.74 Å². The van der Waals surface area contributed by atoms with Gasteiger partial charge in [-0.2, -0.15) is 0 Å². The molecule has 0 aliphatic heterocycles. The Balaban J connectivity index is 1.81. The number of amides is 2. The van der Waals surface area contributed by atoms with E-state index in [1.165, 1.54) is 6.92 Å². The third kappa shape index (κ3) is 5.46. The number of carbonyl (C=O) groups excluding carboxylic acids is 3. The molecule has 2 amide bonds. The van der Waals surface area contributed by atoms with E-state index in [0.29, 0.717) is 23.4 Å². The number of hydrogen-bond donors (Lipinski definition) is 2. The van der Waals surface area contributed by atoms with Gasteiger partial charge in [0.1, 0.15) is 5.75 Å². The van der Waals surface area contributed by atoms with Gasteiger partial charge in [0.15, 0.2) is 12.4 Å². The van der Waals surface area contributed by atoms with E-state index in [0.717, 1.165) is 5.56 Å². The number of benzene rings is 2. The fraction of sp³-hybridized carbons (Fsp3) is 0.211. The Bertz CT molecular complexity index is 769. The van der Waals surface area contributed by atoms with Crippen LogP contribution >= 0.6 is 0 Å². The Morgan fingerprint density at radius 2 is 1.72 bits per heavy atom. The molecule has 130 valence electrons. The molecule has 0 saturated heterocycles. The van der Waals surface area contributed by atoms with E-state index in [9.17, 15) is 14.4 Å². The zero-order valence-electron chi connectivity index (χ0n) is 14.2. The van der Waals surface area contributed by atoms with Gasteiger partial charge in [-0.05, 0) is 36.8 Å². The number of ketones is 1. The van der Waals surface area contributed by atoms with Crippen LogP contribution in [0.1, 0.15) is 33.2 Å². The molecule has 2 rings (SSSR count). The van der Waals surface area contributed by atoms with Crippen LogP contribution in [-0.4, -0.2) is 31.3 Å². The largest absolute Gasteiger partial charge is 0.484 e. The smallest absolute Gasteiger partial charge is 0.258 e. The number of rotatable bonds is 7. The first kappa shape index (κ1) is 18.2. The summed E-state index contributed by atoms with van der Waals surface area (Å²) in [6.07, 6.45) is 0. The lowest BCUT2D eigenvalue weighted by molar-refractivity contribution is -0.123. The Labute approximate surface area is 146 Å². The summed E-state index contributed by atoms with van der Waals surface area (Å²) in [6, 6.07) is 13.7. The third-order valence-corrected chi connectivity index (χ3v) is 3.54. The lowest BCUT2D eigenvalue weighted by Gasteiger charge is -2.09. The Morgan fingerprint density at radius 3 is 2.36 bits per heavy atom. The van der Waals surface area contributed by atoms with Crippen molar-refractivity contribution < 1.29 is 19.1 Å². The number of carbonyl (C=O) groups is 3.